The van der Waals surface area contributed by atoms with Crippen molar-refractivity contribution in [2.75, 3.05) is 4.90 Å². The lowest BCUT2D eigenvalue weighted by molar-refractivity contribution is -0.137. The summed E-state index contributed by atoms with van der Waals surface area (Å²) in [6, 6.07) is 18.6. The molecule has 9 heteroatoms. The van der Waals surface area contributed by atoms with Crippen LogP contribution in [0, 0.1) is 5.82 Å². The van der Waals surface area contributed by atoms with E-state index in [-0.39, 0.29) is 15.8 Å². The molecule has 35 heavy (non-hydrogen) atoms. The highest BCUT2D eigenvalue weighted by atomic mass is 32.2. The molecule has 5 rings (SSSR count). The fraction of sp³-hybridized carbons (Fsp3) is 0.0769. The molecule has 4 aromatic rings. The predicted molar refractivity (Wildman–Crippen MR) is 135 cm³/mol. The number of benzene rings is 3. The Labute approximate surface area is 207 Å². The van der Waals surface area contributed by atoms with E-state index in [0.29, 0.717) is 17.0 Å². The lowest BCUT2D eigenvalue weighted by Crippen LogP contribution is -2.27. The Morgan fingerprint density at radius 1 is 0.971 bits per heavy atom. The van der Waals surface area contributed by atoms with Crippen molar-refractivity contribution >= 4 is 56.9 Å². The van der Waals surface area contributed by atoms with Crippen molar-refractivity contribution < 1.29 is 22.4 Å². The fourth-order valence-electron chi connectivity index (χ4n) is 3.98. The van der Waals surface area contributed by atoms with E-state index in [9.17, 15) is 22.4 Å². The second kappa shape index (κ2) is 8.98. The van der Waals surface area contributed by atoms with Crippen LogP contribution in [0.5, 0.6) is 0 Å². The summed E-state index contributed by atoms with van der Waals surface area (Å²) in [6.45, 7) is 0.298. The quantitative estimate of drug-likeness (QED) is 0.164. The van der Waals surface area contributed by atoms with Gasteiger partial charge in [-0.25, -0.2) is 4.39 Å². The fourth-order valence-corrected chi connectivity index (χ4v) is 5.27. The van der Waals surface area contributed by atoms with E-state index in [0.717, 1.165) is 45.3 Å². The zero-order valence-electron chi connectivity index (χ0n) is 17.9. The summed E-state index contributed by atoms with van der Waals surface area (Å²) < 4.78 is 55.8. The highest BCUT2D eigenvalue weighted by Gasteiger charge is 2.36. The minimum Gasteiger partial charge on any atom is -0.342 e. The number of anilines is 1. The highest BCUT2D eigenvalue weighted by Crippen LogP contribution is 2.39. The van der Waals surface area contributed by atoms with Gasteiger partial charge in [0.05, 0.1) is 22.7 Å². The number of amides is 1. The molecule has 1 aliphatic heterocycles. The number of carbonyl (C=O) groups excluding carboxylic acids is 1. The van der Waals surface area contributed by atoms with Crippen LogP contribution < -0.4 is 4.90 Å². The summed E-state index contributed by atoms with van der Waals surface area (Å²) in [5.41, 5.74) is 1.31. The first kappa shape index (κ1) is 23.3. The first-order chi connectivity index (χ1) is 16.7. The van der Waals surface area contributed by atoms with Crippen LogP contribution in [0.1, 0.15) is 16.7 Å². The summed E-state index contributed by atoms with van der Waals surface area (Å²) in [6.07, 6.45) is -1.03. The molecule has 0 aliphatic carbocycles. The van der Waals surface area contributed by atoms with E-state index < -0.39 is 17.6 Å². The van der Waals surface area contributed by atoms with Crippen molar-refractivity contribution in [2.24, 2.45) is 0 Å². The molecular weight excluding hydrogens is 496 g/mol. The number of halogens is 4. The molecule has 1 fully saturated rings. The molecule has 1 aliphatic rings. The molecule has 2 heterocycles. The first-order valence-corrected chi connectivity index (χ1v) is 11.7. The average molecular weight is 513 g/mol. The molecule has 0 bridgehead atoms. The van der Waals surface area contributed by atoms with E-state index in [1.165, 1.54) is 18.2 Å². The van der Waals surface area contributed by atoms with Crippen LogP contribution in [-0.4, -0.2) is 14.8 Å². The van der Waals surface area contributed by atoms with Crippen LogP contribution in [0.25, 0.3) is 17.0 Å². The van der Waals surface area contributed by atoms with E-state index in [1.807, 2.05) is 35.0 Å². The van der Waals surface area contributed by atoms with E-state index in [2.05, 4.69) is 0 Å². The number of hydrogen-bond donors (Lipinski definition) is 0. The van der Waals surface area contributed by atoms with E-state index in [4.69, 9.17) is 12.2 Å². The molecule has 0 spiro atoms. The van der Waals surface area contributed by atoms with Crippen LogP contribution in [0.4, 0.5) is 23.2 Å². The minimum absolute atomic E-state index is 0.0627. The smallest absolute Gasteiger partial charge is 0.342 e. The lowest BCUT2D eigenvalue weighted by atomic mass is 10.1. The Balaban J connectivity index is 1.51. The molecule has 3 aromatic carbocycles. The van der Waals surface area contributed by atoms with Gasteiger partial charge in [0.1, 0.15) is 5.82 Å². The zero-order chi connectivity index (χ0) is 24.7. The van der Waals surface area contributed by atoms with E-state index >= 15 is 0 Å². The Bertz CT molecular complexity index is 1510. The molecule has 1 saturated heterocycles. The summed E-state index contributed by atoms with van der Waals surface area (Å²) in [5.74, 6) is -0.806. The molecule has 0 unspecified atom stereocenters. The third kappa shape index (κ3) is 4.49. The summed E-state index contributed by atoms with van der Waals surface area (Å²) >= 11 is 6.36. The largest absolute Gasteiger partial charge is 0.416 e. The van der Waals surface area contributed by atoms with Gasteiger partial charge in [-0.1, -0.05) is 66.4 Å². The number of aromatic nitrogens is 1. The van der Waals surface area contributed by atoms with Gasteiger partial charge in [-0.2, -0.15) is 13.2 Å². The van der Waals surface area contributed by atoms with Crippen molar-refractivity contribution in [3.8, 4) is 0 Å². The Morgan fingerprint density at radius 3 is 2.49 bits per heavy atom. The summed E-state index contributed by atoms with van der Waals surface area (Å²) in [4.78, 5) is 14.6. The number of nitrogens with zero attached hydrogens (tertiary/aromatic N) is 2. The number of hydrogen-bond acceptors (Lipinski definition) is 3. The highest BCUT2D eigenvalue weighted by molar-refractivity contribution is 8.27. The third-order valence-electron chi connectivity index (χ3n) is 5.63. The van der Waals surface area contributed by atoms with Crippen molar-refractivity contribution in [3.05, 3.63) is 106 Å². The maximum absolute atomic E-state index is 14.2. The van der Waals surface area contributed by atoms with Gasteiger partial charge in [-0.3, -0.25) is 9.69 Å². The van der Waals surface area contributed by atoms with Gasteiger partial charge < -0.3 is 4.57 Å². The van der Waals surface area contributed by atoms with Gasteiger partial charge in [0.25, 0.3) is 5.91 Å². The van der Waals surface area contributed by atoms with Crippen molar-refractivity contribution in [3.63, 3.8) is 0 Å². The van der Waals surface area contributed by atoms with Gasteiger partial charge in [-0.05, 0) is 36.4 Å². The number of thioether (sulfide) groups is 1. The number of carbonyl (C=O) groups is 1. The predicted octanol–water partition coefficient (Wildman–Crippen LogP) is 7.25. The minimum atomic E-state index is -4.54. The zero-order valence-corrected chi connectivity index (χ0v) is 19.6. The number of para-hydroxylation sites is 1. The maximum Gasteiger partial charge on any atom is 0.416 e. The molecule has 3 nitrogen and oxygen atoms in total. The van der Waals surface area contributed by atoms with Crippen LogP contribution in [0.15, 0.2) is 83.9 Å². The number of fused-ring (bicyclic) bond motifs is 1. The topological polar surface area (TPSA) is 25.2 Å². The molecule has 0 saturated carbocycles. The van der Waals surface area contributed by atoms with Crippen LogP contribution in [0.2, 0.25) is 0 Å². The maximum atomic E-state index is 14.2. The standard InChI is InChI=1S/C26H16F4N2OS2/c27-21-10-3-1-6-16(21)14-31-15-17(20-9-2-4-11-22(20)31)12-23-24(33)32(25(34)35-23)19-8-5-7-18(13-19)26(28,29)30/h1-13,15H,14H2/b23-12+. The molecule has 0 atom stereocenters. The molecule has 0 N–H and O–H groups in total. The second-order valence-electron chi connectivity index (χ2n) is 7.89. The molecule has 176 valence electrons. The van der Waals surface area contributed by atoms with Crippen LogP contribution in [0.3, 0.4) is 0 Å². The summed E-state index contributed by atoms with van der Waals surface area (Å²) in [7, 11) is 0. The van der Waals surface area contributed by atoms with Gasteiger partial charge in [0.2, 0.25) is 0 Å². The van der Waals surface area contributed by atoms with Crippen LogP contribution >= 0.6 is 24.0 Å². The van der Waals surface area contributed by atoms with Crippen molar-refractivity contribution in [2.45, 2.75) is 12.7 Å². The Hall–Kier alpha value is -3.43. The lowest BCUT2D eigenvalue weighted by Gasteiger charge is -2.16. The number of rotatable bonds is 4. The second-order valence-corrected chi connectivity index (χ2v) is 9.56. The van der Waals surface area contributed by atoms with Gasteiger partial charge >= 0.3 is 6.18 Å². The third-order valence-corrected chi connectivity index (χ3v) is 6.93. The number of thiocarbonyl (C=S) groups is 1. The van der Waals surface area contributed by atoms with Gasteiger partial charge in [0, 0.05) is 28.2 Å². The normalized spacial score (nSPS) is 15.5. The average Bonchev–Trinajstić information content (AvgIpc) is 3.31. The van der Waals surface area contributed by atoms with Gasteiger partial charge in [-0.15, -0.1) is 0 Å². The Kier molecular flexibility index (Phi) is 5.98. The Morgan fingerprint density at radius 2 is 1.71 bits per heavy atom. The molecular formula is C26H16F4N2OS2. The van der Waals surface area contributed by atoms with E-state index in [1.54, 1.807) is 24.3 Å². The number of alkyl halides is 3. The monoisotopic (exact) mass is 512 g/mol. The summed E-state index contributed by atoms with van der Waals surface area (Å²) in [5, 5.41) is 0.855. The SMILES string of the molecule is O=C1/C(=C\c2cn(Cc3ccccc3F)c3ccccc23)SC(=S)N1c1cccc(C(F)(F)F)c1. The first-order valence-electron chi connectivity index (χ1n) is 10.5. The van der Waals surface area contributed by atoms with Gasteiger partial charge in [0.15, 0.2) is 4.32 Å². The molecule has 0 radical (unpaired) electrons. The molecule has 1 aromatic heterocycles. The van der Waals surface area contributed by atoms with Crippen LogP contribution in [-0.2, 0) is 17.5 Å². The van der Waals surface area contributed by atoms with Crippen molar-refractivity contribution in [1.82, 2.24) is 4.57 Å². The van der Waals surface area contributed by atoms with Crippen molar-refractivity contribution in [1.29, 1.82) is 0 Å². The molecule has 1 amide bonds.